The number of nitrogens with zero attached hydrogens (tertiary/aromatic N) is 2. The number of aromatic nitrogens is 3. The van der Waals surface area contributed by atoms with E-state index in [0.29, 0.717) is 11.6 Å². The van der Waals surface area contributed by atoms with Crippen LogP contribution in [0, 0.1) is 0 Å². The highest BCUT2D eigenvalue weighted by molar-refractivity contribution is 5.93. The average molecular weight is 322 g/mol. The van der Waals surface area contributed by atoms with Gasteiger partial charge in [-0.2, -0.15) is 5.10 Å². The van der Waals surface area contributed by atoms with Crippen LogP contribution < -0.4 is 16.4 Å². The molecule has 3 aromatic rings. The van der Waals surface area contributed by atoms with E-state index in [1.54, 1.807) is 12.3 Å². The van der Waals surface area contributed by atoms with Crippen molar-refractivity contribution in [2.45, 2.75) is 25.3 Å². The van der Waals surface area contributed by atoms with Crippen molar-refractivity contribution in [1.82, 2.24) is 20.5 Å². The third-order valence-corrected chi connectivity index (χ3v) is 4.40. The van der Waals surface area contributed by atoms with Crippen LogP contribution in [0.2, 0.25) is 0 Å². The fourth-order valence-corrected chi connectivity index (χ4v) is 3.16. The fourth-order valence-electron chi connectivity index (χ4n) is 3.16. The van der Waals surface area contributed by atoms with Gasteiger partial charge in [-0.3, -0.25) is 10.4 Å². The maximum absolute atomic E-state index is 12.2. The van der Waals surface area contributed by atoms with Crippen molar-refractivity contribution in [3.05, 3.63) is 47.7 Å². The van der Waals surface area contributed by atoms with Gasteiger partial charge in [0, 0.05) is 18.3 Å². The molecule has 4 rings (SSSR count). The molecule has 0 saturated heterocycles. The number of carbonyl (C=O) groups excluding carboxylic acids is 1. The summed E-state index contributed by atoms with van der Waals surface area (Å²) in [5.41, 5.74) is 9.13. The van der Waals surface area contributed by atoms with Crippen LogP contribution in [0.25, 0.3) is 10.9 Å². The van der Waals surface area contributed by atoms with Crippen molar-refractivity contribution in [2.75, 3.05) is 11.1 Å². The molecule has 0 spiro atoms. The molecular weight excluding hydrogens is 304 g/mol. The van der Waals surface area contributed by atoms with Gasteiger partial charge in [0.1, 0.15) is 5.82 Å². The number of hydrogen-bond donors (Lipinski definition) is 4. The van der Waals surface area contributed by atoms with E-state index in [1.165, 1.54) is 11.1 Å². The maximum atomic E-state index is 12.2. The summed E-state index contributed by atoms with van der Waals surface area (Å²) in [4.78, 5) is 16.4. The Labute approximate surface area is 138 Å². The van der Waals surface area contributed by atoms with E-state index in [9.17, 15) is 4.79 Å². The summed E-state index contributed by atoms with van der Waals surface area (Å²) in [6.07, 6.45) is 4.38. The third-order valence-electron chi connectivity index (χ3n) is 4.40. The summed E-state index contributed by atoms with van der Waals surface area (Å²) in [7, 11) is 0. The molecule has 1 unspecified atom stereocenters. The van der Waals surface area contributed by atoms with Crippen LogP contribution >= 0.6 is 0 Å². The third kappa shape index (κ3) is 2.76. The fraction of sp³-hybridized carbons (Fsp3) is 0.235. The summed E-state index contributed by atoms with van der Waals surface area (Å²) in [5.74, 6) is 0.856. The van der Waals surface area contributed by atoms with Crippen LogP contribution in [0.1, 0.15) is 17.5 Å². The number of aryl methyl sites for hydroxylation is 1. The molecule has 2 amide bonds. The molecular formula is C17H18N6O. The Morgan fingerprint density at radius 3 is 3.00 bits per heavy atom. The summed E-state index contributed by atoms with van der Waals surface area (Å²) >= 11 is 0. The minimum atomic E-state index is -0.251. The Balaban J connectivity index is 1.41. The zero-order valence-electron chi connectivity index (χ0n) is 13.0. The highest BCUT2D eigenvalue weighted by Crippen LogP contribution is 2.21. The zero-order valence-corrected chi connectivity index (χ0v) is 13.0. The van der Waals surface area contributed by atoms with Crippen molar-refractivity contribution in [3.8, 4) is 0 Å². The maximum Gasteiger partial charge on any atom is 0.320 e. The van der Waals surface area contributed by atoms with Gasteiger partial charge in [-0.15, -0.1) is 0 Å². The van der Waals surface area contributed by atoms with E-state index in [1.807, 2.05) is 6.07 Å². The number of aromatic amines is 1. The molecule has 1 aromatic carbocycles. The van der Waals surface area contributed by atoms with Crippen LogP contribution in [-0.2, 0) is 12.8 Å². The van der Waals surface area contributed by atoms with Gasteiger partial charge in [0.05, 0.1) is 10.9 Å². The second kappa shape index (κ2) is 5.84. The minimum absolute atomic E-state index is 0.131. The van der Waals surface area contributed by atoms with Gasteiger partial charge in [0.2, 0.25) is 0 Å². The molecule has 1 aliphatic carbocycles. The first kappa shape index (κ1) is 14.5. The van der Waals surface area contributed by atoms with Crippen LogP contribution in [0.15, 0.2) is 36.5 Å². The largest absolute Gasteiger partial charge is 0.382 e. The number of nitrogens with one attached hydrogen (secondary N) is 3. The van der Waals surface area contributed by atoms with E-state index in [2.05, 4.69) is 44.0 Å². The first-order chi connectivity index (χ1) is 11.7. The molecule has 7 heteroatoms. The van der Waals surface area contributed by atoms with Crippen LogP contribution in [0.5, 0.6) is 0 Å². The average Bonchev–Trinajstić information content (AvgIpc) is 2.95. The number of anilines is 2. The zero-order chi connectivity index (χ0) is 16.5. The summed E-state index contributed by atoms with van der Waals surface area (Å²) in [6, 6.07) is 9.97. The van der Waals surface area contributed by atoms with E-state index in [0.717, 1.165) is 30.2 Å². The first-order valence-corrected chi connectivity index (χ1v) is 7.93. The summed E-state index contributed by atoms with van der Waals surface area (Å²) < 4.78 is 0. The van der Waals surface area contributed by atoms with Crippen molar-refractivity contribution in [1.29, 1.82) is 0 Å². The Morgan fingerprint density at radius 2 is 2.12 bits per heavy atom. The van der Waals surface area contributed by atoms with Gasteiger partial charge < -0.3 is 11.1 Å². The lowest BCUT2D eigenvalue weighted by molar-refractivity contribution is 0.247. The van der Waals surface area contributed by atoms with E-state index in [-0.39, 0.29) is 12.1 Å². The topological polar surface area (TPSA) is 109 Å². The van der Waals surface area contributed by atoms with E-state index in [4.69, 9.17) is 5.73 Å². The van der Waals surface area contributed by atoms with E-state index >= 15 is 0 Å². The van der Waals surface area contributed by atoms with Gasteiger partial charge in [0.25, 0.3) is 0 Å². The SMILES string of the molecule is Nc1n[nH]c2cc(NC(=O)NC3CCc4ccccc4C3)ncc12. The van der Waals surface area contributed by atoms with Gasteiger partial charge in [-0.25, -0.2) is 9.78 Å². The monoisotopic (exact) mass is 322 g/mol. The van der Waals surface area contributed by atoms with Crippen molar-refractivity contribution >= 4 is 28.6 Å². The standard InChI is InChI=1S/C17H18N6O/c18-16-13-9-19-15(8-14(13)22-23-16)21-17(24)20-12-6-5-10-3-1-2-4-11(10)7-12/h1-4,8-9,12H,5-7H2,(H3,18,22,23)(H2,19,20,21,24). The lowest BCUT2D eigenvalue weighted by Gasteiger charge is -2.25. The Bertz CT molecular complexity index is 903. The van der Waals surface area contributed by atoms with Gasteiger partial charge in [-0.05, 0) is 30.4 Å². The molecule has 0 bridgehead atoms. The number of benzene rings is 1. The van der Waals surface area contributed by atoms with E-state index < -0.39 is 0 Å². The van der Waals surface area contributed by atoms with Gasteiger partial charge in [0.15, 0.2) is 5.82 Å². The van der Waals surface area contributed by atoms with Crippen LogP contribution in [-0.4, -0.2) is 27.3 Å². The van der Waals surface area contributed by atoms with Crippen molar-refractivity contribution < 1.29 is 4.79 Å². The predicted octanol–water partition coefficient (Wildman–Crippen LogP) is 2.22. The van der Waals surface area contributed by atoms with Gasteiger partial charge in [-0.1, -0.05) is 24.3 Å². The summed E-state index contributed by atoms with van der Waals surface area (Å²) in [5, 5.41) is 13.2. The molecule has 0 radical (unpaired) electrons. The molecule has 0 fully saturated rings. The predicted molar refractivity (Wildman–Crippen MR) is 92.7 cm³/mol. The molecule has 5 N–H and O–H groups in total. The van der Waals surface area contributed by atoms with Crippen molar-refractivity contribution in [3.63, 3.8) is 0 Å². The molecule has 2 heterocycles. The quantitative estimate of drug-likeness (QED) is 0.580. The number of pyridine rings is 1. The lowest BCUT2D eigenvalue weighted by atomic mass is 9.88. The number of urea groups is 1. The number of nitrogen functional groups attached to an aromatic ring is 1. The molecule has 0 aliphatic heterocycles. The molecule has 1 atom stereocenters. The van der Waals surface area contributed by atoms with Crippen molar-refractivity contribution in [2.24, 2.45) is 0 Å². The second-order valence-corrected chi connectivity index (χ2v) is 6.03. The molecule has 24 heavy (non-hydrogen) atoms. The van der Waals surface area contributed by atoms with Crippen LogP contribution in [0.3, 0.4) is 0 Å². The molecule has 0 saturated carbocycles. The normalized spacial score (nSPS) is 16.6. The lowest BCUT2D eigenvalue weighted by Crippen LogP contribution is -2.41. The molecule has 1 aliphatic rings. The Kier molecular flexibility index (Phi) is 3.53. The van der Waals surface area contributed by atoms with Gasteiger partial charge >= 0.3 is 6.03 Å². The summed E-state index contributed by atoms with van der Waals surface area (Å²) in [6.45, 7) is 0. The number of H-pyrrole nitrogens is 1. The number of hydrogen-bond acceptors (Lipinski definition) is 4. The Morgan fingerprint density at radius 1 is 1.29 bits per heavy atom. The molecule has 122 valence electrons. The number of carbonyl (C=O) groups is 1. The number of amides is 2. The minimum Gasteiger partial charge on any atom is -0.382 e. The molecule has 7 nitrogen and oxygen atoms in total. The Hall–Kier alpha value is -3.09. The highest BCUT2D eigenvalue weighted by atomic mass is 16.2. The first-order valence-electron chi connectivity index (χ1n) is 7.93. The molecule has 2 aromatic heterocycles. The number of rotatable bonds is 2. The highest BCUT2D eigenvalue weighted by Gasteiger charge is 2.20. The van der Waals surface area contributed by atoms with Crippen LogP contribution in [0.4, 0.5) is 16.4 Å². The number of nitrogens with two attached hydrogens (primary N) is 1. The number of fused-ring (bicyclic) bond motifs is 2. The second-order valence-electron chi connectivity index (χ2n) is 6.03. The smallest absolute Gasteiger partial charge is 0.320 e.